The van der Waals surface area contributed by atoms with Gasteiger partial charge < -0.3 is 5.32 Å². The van der Waals surface area contributed by atoms with Crippen molar-refractivity contribution < 1.29 is 4.79 Å². The number of halogens is 1. The molecule has 1 aliphatic rings. The number of hydrogen-bond acceptors (Lipinski definition) is 5. The van der Waals surface area contributed by atoms with Crippen molar-refractivity contribution in [2.45, 2.75) is 45.2 Å². The molecule has 1 N–H and O–H groups in total. The monoisotopic (exact) mass is 509 g/mol. The summed E-state index contributed by atoms with van der Waals surface area (Å²) in [4.78, 5) is 33.4. The highest BCUT2D eigenvalue weighted by Gasteiger charge is 2.24. The maximum atomic E-state index is 13.7. The van der Waals surface area contributed by atoms with E-state index >= 15 is 0 Å². The van der Waals surface area contributed by atoms with Gasteiger partial charge in [-0.25, -0.2) is 4.98 Å². The van der Waals surface area contributed by atoms with Crippen LogP contribution in [0.5, 0.6) is 0 Å². The molecule has 2 aromatic heterocycles. The van der Waals surface area contributed by atoms with Gasteiger partial charge in [0, 0.05) is 15.6 Å². The molecule has 0 atom stereocenters. The molecule has 8 heteroatoms. The van der Waals surface area contributed by atoms with Crippen molar-refractivity contribution >= 4 is 56.5 Å². The molecule has 0 fully saturated rings. The number of thioether (sulfide) groups is 1. The van der Waals surface area contributed by atoms with Gasteiger partial charge in [-0.05, 0) is 81.0 Å². The van der Waals surface area contributed by atoms with Crippen LogP contribution < -0.4 is 10.9 Å². The van der Waals surface area contributed by atoms with Crippen LogP contribution in [0.15, 0.2) is 46.3 Å². The number of amides is 1. The standard InChI is InChI=1S/C26H24ClN3O2S2/c1-14-11-15(2)23(16(3)12-14)28-21(31)13-33-26-29-24-22(19-5-4-6-20(19)34-24)25(32)30(26)18-9-7-17(27)8-10-18/h7-12H,4-6,13H2,1-3H3,(H,28,31). The van der Waals surface area contributed by atoms with Gasteiger partial charge in [-0.3, -0.25) is 14.2 Å². The molecule has 34 heavy (non-hydrogen) atoms. The molecule has 174 valence electrons. The number of rotatable bonds is 5. The predicted octanol–water partition coefficient (Wildman–Crippen LogP) is 6.25. The summed E-state index contributed by atoms with van der Waals surface area (Å²) in [6.07, 6.45) is 2.99. The van der Waals surface area contributed by atoms with Gasteiger partial charge in [0.2, 0.25) is 5.91 Å². The molecule has 2 heterocycles. The second-order valence-electron chi connectivity index (χ2n) is 8.66. The number of thiophene rings is 1. The Bertz CT molecular complexity index is 1470. The first kappa shape index (κ1) is 23.1. The van der Waals surface area contributed by atoms with Gasteiger partial charge in [-0.2, -0.15) is 0 Å². The molecule has 1 aliphatic carbocycles. The first-order valence-corrected chi connectivity index (χ1v) is 13.3. The molecule has 4 aromatic rings. The van der Waals surface area contributed by atoms with Crippen molar-refractivity contribution in [3.05, 3.63) is 78.9 Å². The first-order chi connectivity index (χ1) is 16.3. The van der Waals surface area contributed by atoms with Crippen LogP contribution in [-0.4, -0.2) is 21.2 Å². The van der Waals surface area contributed by atoms with E-state index in [1.165, 1.54) is 16.6 Å². The first-order valence-electron chi connectivity index (χ1n) is 11.2. The quantitative estimate of drug-likeness (QED) is 0.255. The van der Waals surface area contributed by atoms with Crippen LogP contribution in [0.25, 0.3) is 15.9 Å². The Morgan fingerprint density at radius 2 is 1.85 bits per heavy atom. The summed E-state index contributed by atoms with van der Waals surface area (Å²) in [6, 6.07) is 11.3. The summed E-state index contributed by atoms with van der Waals surface area (Å²) in [7, 11) is 0. The number of anilines is 1. The number of nitrogens with zero attached hydrogens (tertiary/aromatic N) is 2. The maximum absolute atomic E-state index is 13.7. The number of aromatic nitrogens is 2. The van der Waals surface area contributed by atoms with Crippen molar-refractivity contribution in [2.75, 3.05) is 11.1 Å². The number of benzene rings is 2. The number of fused-ring (bicyclic) bond motifs is 3. The fourth-order valence-corrected chi connectivity index (χ4v) is 6.86. The van der Waals surface area contributed by atoms with Crippen molar-refractivity contribution in [2.24, 2.45) is 0 Å². The number of nitrogens with one attached hydrogen (secondary N) is 1. The van der Waals surface area contributed by atoms with Crippen LogP contribution in [0.4, 0.5) is 5.69 Å². The molecule has 0 bridgehead atoms. The average molecular weight is 510 g/mol. The Morgan fingerprint density at radius 3 is 2.56 bits per heavy atom. The molecule has 2 aromatic carbocycles. The minimum atomic E-state index is -0.134. The molecule has 0 radical (unpaired) electrons. The fraction of sp³-hybridized carbons (Fsp3) is 0.269. The summed E-state index contributed by atoms with van der Waals surface area (Å²) in [6.45, 7) is 6.03. The van der Waals surface area contributed by atoms with E-state index in [9.17, 15) is 9.59 Å². The van der Waals surface area contributed by atoms with Gasteiger partial charge in [0.05, 0.1) is 16.8 Å². The van der Waals surface area contributed by atoms with E-state index in [0.29, 0.717) is 21.3 Å². The van der Waals surface area contributed by atoms with Crippen molar-refractivity contribution in [3.63, 3.8) is 0 Å². The van der Waals surface area contributed by atoms with E-state index in [1.54, 1.807) is 28.0 Å². The summed E-state index contributed by atoms with van der Waals surface area (Å²) >= 11 is 8.96. The molecule has 0 spiro atoms. The number of carbonyl (C=O) groups excluding carboxylic acids is 1. The fourth-order valence-electron chi connectivity index (χ4n) is 4.62. The summed E-state index contributed by atoms with van der Waals surface area (Å²) in [5.41, 5.74) is 5.80. The molecule has 0 aliphatic heterocycles. The minimum absolute atomic E-state index is 0.0835. The van der Waals surface area contributed by atoms with Crippen LogP contribution in [0.1, 0.15) is 33.6 Å². The zero-order chi connectivity index (χ0) is 24.0. The number of aryl methyl sites for hydroxylation is 5. The lowest BCUT2D eigenvalue weighted by Gasteiger charge is -2.14. The normalized spacial score (nSPS) is 12.8. The lowest BCUT2D eigenvalue weighted by molar-refractivity contribution is -0.113. The number of carbonyl (C=O) groups is 1. The van der Waals surface area contributed by atoms with Gasteiger partial charge >= 0.3 is 0 Å². The molecule has 0 saturated heterocycles. The van der Waals surface area contributed by atoms with Gasteiger partial charge in [0.1, 0.15) is 4.83 Å². The van der Waals surface area contributed by atoms with Gasteiger partial charge in [-0.15, -0.1) is 11.3 Å². The second-order valence-corrected chi connectivity index (χ2v) is 11.1. The van der Waals surface area contributed by atoms with Crippen molar-refractivity contribution in [3.8, 4) is 5.69 Å². The van der Waals surface area contributed by atoms with Crippen molar-refractivity contribution in [1.29, 1.82) is 0 Å². The Labute approximate surface area is 211 Å². The Balaban J connectivity index is 1.50. The van der Waals surface area contributed by atoms with E-state index in [4.69, 9.17) is 16.6 Å². The second kappa shape index (κ2) is 9.21. The predicted molar refractivity (Wildman–Crippen MR) is 142 cm³/mol. The van der Waals surface area contributed by atoms with Crippen LogP contribution >= 0.6 is 34.7 Å². The van der Waals surface area contributed by atoms with Gasteiger partial charge in [0.25, 0.3) is 5.56 Å². The maximum Gasteiger partial charge on any atom is 0.267 e. The van der Waals surface area contributed by atoms with Crippen LogP contribution in [0.3, 0.4) is 0 Å². The van der Waals surface area contributed by atoms with E-state index in [-0.39, 0.29) is 17.2 Å². The van der Waals surface area contributed by atoms with Gasteiger partial charge in [-0.1, -0.05) is 41.1 Å². The zero-order valence-electron chi connectivity index (χ0n) is 19.2. The molecule has 5 nitrogen and oxygen atoms in total. The van der Waals surface area contributed by atoms with Crippen LogP contribution in [-0.2, 0) is 17.6 Å². The van der Waals surface area contributed by atoms with E-state index in [0.717, 1.165) is 52.0 Å². The minimum Gasteiger partial charge on any atom is -0.325 e. The molecule has 5 rings (SSSR count). The molecular weight excluding hydrogens is 486 g/mol. The SMILES string of the molecule is Cc1cc(C)c(NC(=O)CSc2nc3sc4c(c3c(=O)n2-c2ccc(Cl)cc2)CCC4)c(C)c1. The average Bonchev–Trinajstić information content (AvgIpc) is 3.37. The Hall–Kier alpha value is -2.61. The van der Waals surface area contributed by atoms with E-state index in [1.807, 2.05) is 32.9 Å². The van der Waals surface area contributed by atoms with Crippen molar-refractivity contribution in [1.82, 2.24) is 9.55 Å². The Morgan fingerprint density at radius 1 is 1.15 bits per heavy atom. The summed E-state index contributed by atoms with van der Waals surface area (Å²) < 4.78 is 1.62. The van der Waals surface area contributed by atoms with E-state index < -0.39 is 0 Å². The third-order valence-corrected chi connectivity index (χ3v) is 8.44. The molecule has 0 saturated carbocycles. The highest BCUT2D eigenvalue weighted by Crippen LogP contribution is 2.36. The third-order valence-electron chi connectivity index (χ3n) is 6.07. The highest BCUT2D eigenvalue weighted by molar-refractivity contribution is 7.99. The topological polar surface area (TPSA) is 64.0 Å². The molecule has 1 amide bonds. The van der Waals surface area contributed by atoms with Gasteiger partial charge in [0.15, 0.2) is 5.16 Å². The summed E-state index contributed by atoms with van der Waals surface area (Å²) in [5, 5.41) is 4.85. The third kappa shape index (κ3) is 4.28. The highest BCUT2D eigenvalue weighted by atomic mass is 35.5. The van der Waals surface area contributed by atoms with Crippen LogP contribution in [0, 0.1) is 20.8 Å². The number of hydrogen-bond donors (Lipinski definition) is 1. The lowest BCUT2D eigenvalue weighted by atomic mass is 10.1. The zero-order valence-corrected chi connectivity index (χ0v) is 21.6. The lowest BCUT2D eigenvalue weighted by Crippen LogP contribution is -2.23. The Kier molecular flexibility index (Phi) is 6.27. The van der Waals surface area contributed by atoms with Crippen LogP contribution in [0.2, 0.25) is 5.02 Å². The molecule has 0 unspecified atom stereocenters. The largest absolute Gasteiger partial charge is 0.325 e. The summed E-state index contributed by atoms with van der Waals surface area (Å²) in [5.74, 6) is 0.00866. The smallest absolute Gasteiger partial charge is 0.267 e. The molecular formula is C26H24ClN3O2S2. The van der Waals surface area contributed by atoms with E-state index in [2.05, 4.69) is 17.4 Å².